The lowest BCUT2D eigenvalue weighted by molar-refractivity contribution is -0.120. The number of hydrogen-bond donors (Lipinski definition) is 2. The third-order valence-electron chi connectivity index (χ3n) is 3.22. The fourth-order valence-electron chi connectivity index (χ4n) is 2.02. The van der Waals surface area contributed by atoms with Crippen molar-refractivity contribution in [3.05, 3.63) is 35.4 Å². The van der Waals surface area contributed by atoms with Gasteiger partial charge in [-0.25, -0.2) is 0 Å². The molecule has 0 fully saturated rings. The molecular formula is C16H26N2O. The van der Waals surface area contributed by atoms with Crippen LogP contribution < -0.4 is 10.6 Å². The molecule has 3 heteroatoms. The Morgan fingerprint density at radius 3 is 2.21 bits per heavy atom. The van der Waals surface area contributed by atoms with Crippen LogP contribution in [-0.2, 0) is 17.6 Å². The highest BCUT2D eigenvalue weighted by Crippen LogP contribution is 2.11. The van der Waals surface area contributed by atoms with Gasteiger partial charge in [-0.05, 0) is 30.0 Å². The fraction of sp³-hybridized carbons (Fsp3) is 0.562. The Kier molecular flexibility index (Phi) is 6.03. The summed E-state index contributed by atoms with van der Waals surface area (Å²) in [6, 6.07) is 8.26. The first-order chi connectivity index (χ1) is 8.96. The molecule has 0 atom stereocenters. The topological polar surface area (TPSA) is 41.1 Å². The number of benzene rings is 1. The molecule has 0 spiro atoms. The van der Waals surface area contributed by atoms with Gasteiger partial charge in [0.05, 0.1) is 6.42 Å². The first-order valence-corrected chi connectivity index (χ1v) is 6.96. The van der Waals surface area contributed by atoms with E-state index in [1.165, 1.54) is 5.56 Å². The highest BCUT2D eigenvalue weighted by Gasteiger charge is 2.17. The molecule has 0 bridgehead atoms. The van der Waals surface area contributed by atoms with Crippen molar-refractivity contribution in [1.82, 2.24) is 10.6 Å². The lowest BCUT2D eigenvalue weighted by Crippen LogP contribution is -2.39. The number of nitrogens with one attached hydrogen (secondary N) is 2. The van der Waals surface area contributed by atoms with Gasteiger partial charge in [-0.15, -0.1) is 0 Å². The van der Waals surface area contributed by atoms with E-state index in [0.717, 1.165) is 18.5 Å². The molecule has 106 valence electrons. The van der Waals surface area contributed by atoms with Gasteiger partial charge < -0.3 is 10.6 Å². The highest BCUT2D eigenvalue weighted by atomic mass is 16.1. The molecule has 3 nitrogen and oxygen atoms in total. The van der Waals surface area contributed by atoms with Crippen LogP contribution in [0.15, 0.2) is 24.3 Å². The Labute approximate surface area is 116 Å². The summed E-state index contributed by atoms with van der Waals surface area (Å²) in [4.78, 5) is 11.9. The van der Waals surface area contributed by atoms with Gasteiger partial charge in [0.15, 0.2) is 0 Å². The van der Waals surface area contributed by atoms with Crippen LogP contribution in [0.2, 0.25) is 0 Å². The van der Waals surface area contributed by atoms with Crippen LogP contribution >= 0.6 is 0 Å². The van der Waals surface area contributed by atoms with Crippen LogP contribution in [0.4, 0.5) is 0 Å². The van der Waals surface area contributed by atoms with Gasteiger partial charge in [-0.3, -0.25) is 4.79 Å². The van der Waals surface area contributed by atoms with Gasteiger partial charge in [-0.2, -0.15) is 0 Å². The molecule has 1 amide bonds. The van der Waals surface area contributed by atoms with Crippen LogP contribution in [0.1, 0.15) is 31.9 Å². The van der Waals surface area contributed by atoms with Crippen LogP contribution in [0.3, 0.4) is 0 Å². The Morgan fingerprint density at radius 1 is 1.11 bits per heavy atom. The number of amides is 1. The first-order valence-electron chi connectivity index (χ1n) is 6.96. The standard InChI is InChI=1S/C16H26N2O/c1-5-13-6-8-14(9-7-13)10-15(19)18-12-16(2,3)11-17-4/h6-9,17H,5,10-12H2,1-4H3,(H,18,19). The molecule has 0 aliphatic heterocycles. The van der Waals surface area contributed by atoms with Gasteiger partial charge in [-0.1, -0.05) is 45.0 Å². The SMILES string of the molecule is CCc1ccc(CC(=O)NCC(C)(C)CNC)cc1. The summed E-state index contributed by atoms with van der Waals surface area (Å²) >= 11 is 0. The van der Waals surface area contributed by atoms with E-state index in [1.54, 1.807) is 0 Å². The molecule has 1 rings (SSSR count). The highest BCUT2D eigenvalue weighted by molar-refractivity contribution is 5.78. The molecular weight excluding hydrogens is 236 g/mol. The summed E-state index contributed by atoms with van der Waals surface area (Å²) in [5.41, 5.74) is 2.46. The van der Waals surface area contributed by atoms with Gasteiger partial charge in [0.2, 0.25) is 5.91 Å². The fourth-order valence-corrected chi connectivity index (χ4v) is 2.02. The van der Waals surface area contributed by atoms with Crippen LogP contribution in [0, 0.1) is 5.41 Å². The summed E-state index contributed by atoms with van der Waals surface area (Å²) < 4.78 is 0. The van der Waals surface area contributed by atoms with E-state index in [2.05, 4.69) is 43.5 Å². The first kappa shape index (κ1) is 15.7. The molecule has 0 saturated heterocycles. The Balaban J connectivity index is 2.42. The predicted molar refractivity (Wildman–Crippen MR) is 80.2 cm³/mol. The van der Waals surface area contributed by atoms with E-state index in [0.29, 0.717) is 13.0 Å². The zero-order valence-electron chi connectivity index (χ0n) is 12.5. The molecule has 0 radical (unpaired) electrons. The van der Waals surface area contributed by atoms with Crippen molar-refractivity contribution in [3.8, 4) is 0 Å². The van der Waals surface area contributed by atoms with E-state index in [-0.39, 0.29) is 11.3 Å². The third-order valence-corrected chi connectivity index (χ3v) is 3.22. The molecule has 1 aromatic rings. The zero-order valence-corrected chi connectivity index (χ0v) is 12.5. The maximum absolute atomic E-state index is 11.9. The normalized spacial score (nSPS) is 11.4. The third kappa shape index (κ3) is 5.88. The molecule has 1 aromatic carbocycles. The average molecular weight is 262 g/mol. The number of carbonyl (C=O) groups excluding carboxylic acids is 1. The molecule has 0 aromatic heterocycles. The van der Waals surface area contributed by atoms with Gasteiger partial charge >= 0.3 is 0 Å². The van der Waals surface area contributed by atoms with E-state index < -0.39 is 0 Å². The maximum Gasteiger partial charge on any atom is 0.224 e. The number of aryl methyl sites for hydroxylation is 1. The number of carbonyl (C=O) groups is 1. The summed E-state index contributed by atoms with van der Waals surface area (Å²) in [7, 11) is 1.93. The Bertz CT molecular complexity index is 396. The molecule has 0 aliphatic rings. The Morgan fingerprint density at radius 2 is 1.68 bits per heavy atom. The predicted octanol–water partition coefficient (Wildman–Crippen LogP) is 2.15. The molecule has 0 aliphatic carbocycles. The maximum atomic E-state index is 11.9. The van der Waals surface area contributed by atoms with Crippen molar-refractivity contribution < 1.29 is 4.79 Å². The van der Waals surface area contributed by atoms with Crippen molar-refractivity contribution in [2.45, 2.75) is 33.6 Å². The lowest BCUT2D eigenvalue weighted by atomic mass is 9.93. The monoisotopic (exact) mass is 262 g/mol. The van der Waals surface area contributed by atoms with Crippen LogP contribution in [0.25, 0.3) is 0 Å². The average Bonchev–Trinajstić information content (AvgIpc) is 2.37. The van der Waals surface area contributed by atoms with Gasteiger partial charge in [0.1, 0.15) is 0 Å². The van der Waals surface area contributed by atoms with Crippen molar-refractivity contribution in [1.29, 1.82) is 0 Å². The van der Waals surface area contributed by atoms with Crippen LogP contribution in [0.5, 0.6) is 0 Å². The van der Waals surface area contributed by atoms with E-state index in [9.17, 15) is 4.79 Å². The molecule has 2 N–H and O–H groups in total. The largest absolute Gasteiger partial charge is 0.355 e. The van der Waals surface area contributed by atoms with Gasteiger partial charge in [0, 0.05) is 13.1 Å². The van der Waals surface area contributed by atoms with E-state index in [1.807, 2.05) is 19.2 Å². The zero-order chi connectivity index (χ0) is 14.3. The minimum Gasteiger partial charge on any atom is -0.355 e. The quantitative estimate of drug-likeness (QED) is 0.790. The Hall–Kier alpha value is -1.35. The van der Waals surface area contributed by atoms with Crippen molar-refractivity contribution in [2.75, 3.05) is 20.1 Å². The lowest BCUT2D eigenvalue weighted by Gasteiger charge is -2.24. The molecule has 0 saturated carbocycles. The van der Waals surface area contributed by atoms with E-state index in [4.69, 9.17) is 0 Å². The minimum absolute atomic E-state index is 0.0798. The molecule has 19 heavy (non-hydrogen) atoms. The summed E-state index contributed by atoms with van der Waals surface area (Å²) in [6.45, 7) is 7.99. The minimum atomic E-state index is 0.0798. The number of rotatable bonds is 7. The second-order valence-electron chi connectivity index (χ2n) is 5.82. The van der Waals surface area contributed by atoms with Crippen molar-refractivity contribution in [3.63, 3.8) is 0 Å². The van der Waals surface area contributed by atoms with Crippen LogP contribution in [-0.4, -0.2) is 26.0 Å². The second kappa shape index (κ2) is 7.29. The van der Waals surface area contributed by atoms with Gasteiger partial charge in [0.25, 0.3) is 0 Å². The van der Waals surface area contributed by atoms with E-state index >= 15 is 0 Å². The summed E-state index contributed by atoms with van der Waals surface area (Å²) in [5.74, 6) is 0.0911. The summed E-state index contributed by atoms with van der Waals surface area (Å²) in [5, 5.41) is 6.15. The van der Waals surface area contributed by atoms with Crippen molar-refractivity contribution >= 4 is 5.91 Å². The van der Waals surface area contributed by atoms with Crippen molar-refractivity contribution in [2.24, 2.45) is 5.41 Å². The second-order valence-corrected chi connectivity index (χ2v) is 5.82. The summed E-state index contributed by atoms with van der Waals surface area (Å²) in [6.07, 6.45) is 1.49. The molecule has 0 unspecified atom stereocenters. The smallest absolute Gasteiger partial charge is 0.224 e. The molecule has 0 heterocycles. The number of hydrogen-bond acceptors (Lipinski definition) is 2.